The van der Waals surface area contributed by atoms with Gasteiger partial charge in [-0.3, -0.25) is 0 Å². The van der Waals surface area contributed by atoms with Gasteiger partial charge in [0.1, 0.15) is 5.60 Å². The number of ether oxygens (including phenoxy) is 3. The van der Waals surface area contributed by atoms with E-state index >= 15 is 0 Å². The number of benzene rings is 1. The van der Waals surface area contributed by atoms with Crippen molar-refractivity contribution in [1.29, 1.82) is 0 Å². The van der Waals surface area contributed by atoms with Crippen LogP contribution in [-0.2, 0) is 26.4 Å². The van der Waals surface area contributed by atoms with Gasteiger partial charge in [0.2, 0.25) is 0 Å². The third kappa shape index (κ3) is 6.94. The third-order valence-electron chi connectivity index (χ3n) is 5.15. The minimum atomic E-state index is -1.20. The van der Waals surface area contributed by atoms with E-state index in [0.717, 1.165) is 11.1 Å². The summed E-state index contributed by atoms with van der Waals surface area (Å²) >= 11 is 0. The molecule has 1 aliphatic rings. The number of hydrogen-bond acceptors (Lipinski definition) is 6. The Kier molecular flexibility index (Phi) is 8.67. The smallest absolute Gasteiger partial charge is 0.410 e. The lowest BCUT2D eigenvalue weighted by Gasteiger charge is -2.44. The molecule has 1 saturated heterocycles. The fraction of sp³-hybridized carbons (Fsp3) is 0.696. The zero-order chi connectivity index (χ0) is 22.4. The fourth-order valence-electron chi connectivity index (χ4n) is 3.52. The minimum absolute atomic E-state index is 0.190. The first-order chi connectivity index (χ1) is 14.0. The molecule has 1 heterocycles. The SMILES string of the molecule is CC(C)OCCOCc1ccc([C@@]2(O)CCN(C(=O)OC(C)(C)C)C[C@@H]2CO)cc1. The monoisotopic (exact) mass is 423 g/mol. The second-order valence-electron chi connectivity index (χ2n) is 9.15. The van der Waals surface area contributed by atoms with Gasteiger partial charge in [-0.15, -0.1) is 0 Å². The van der Waals surface area contributed by atoms with Gasteiger partial charge in [0.15, 0.2) is 0 Å². The standard InChI is InChI=1S/C23H37NO6/c1-17(2)29-13-12-28-16-18-6-8-19(9-7-18)23(27)10-11-24(14-20(23)15-25)21(26)30-22(3,4)5/h6-9,17,20,25,27H,10-16H2,1-5H3/t20-,23+/m1/s1. The van der Waals surface area contributed by atoms with Crippen molar-refractivity contribution in [3.8, 4) is 0 Å². The number of aliphatic hydroxyl groups is 2. The highest BCUT2D eigenvalue weighted by Gasteiger charge is 2.44. The summed E-state index contributed by atoms with van der Waals surface area (Å²) in [5, 5.41) is 21.2. The Morgan fingerprint density at radius 2 is 1.90 bits per heavy atom. The van der Waals surface area contributed by atoms with Gasteiger partial charge in [0.05, 0.1) is 38.1 Å². The van der Waals surface area contributed by atoms with Crippen LogP contribution in [0.5, 0.6) is 0 Å². The van der Waals surface area contributed by atoms with Gasteiger partial charge in [-0.25, -0.2) is 4.79 Å². The van der Waals surface area contributed by atoms with Crippen LogP contribution < -0.4 is 0 Å². The van der Waals surface area contributed by atoms with Crippen LogP contribution in [0.15, 0.2) is 24.3 Å². The van der Waals surface area contributed by atoms with Crippen molar-refractivity contribution in [3.63, 3.8) is 0 Å². The summed E-state index contributed by atoms with van der Waals surface area (Å²) in [6.07, 6.45) is 0.103. The molecule has 0 aliphatic carbocycles. The quantitative estimate of drug-likeness (QED) is 0.625. The van der Waals surface area contributed by atoms with E-state index in [4.69, 9.17) is 14.2 Å². The van der Waals surface area contributed by atoms with Gasteiger partial charge in [-0.2, -0.15) is 0 Å². The molecule has 170 valence electrons. The van der Waals surface area contributed by atoms with Crippen LogP contribution in [0.3, 0.4) is 0 Å². The summed E-state index contributed by atoms with van der Waals surface area (Å²) < 4.78 is 16.5. The topological polar surface area (TPSA) is 88.5 Å². The van der Waals surface area contributed by atoms with E-state index in [1.807, 2.05) is 58.9 Å². The Hall–Kier alpha value is -1.67. The molecule has 0 spiro atoms. The lowest BCUT2D eigenvalue weighted by atomic mass is 9.76. The molecule has 0 aromatic heterocycles. The Balaban J connectivity index is 1.96. The lowest BCUT2D eigenvalue weighted by Crippen LogP contribution is -2.53. The predicted octanol–water partition coefficient (Wildman–Crippen LogP) is 3.07. The maximum atomic E-state index is 12.4. The second kappa shape index (κ2) is 10.6. The minimum Gasteiger partial charge on any atom is -0.444 e. The highest BCUT2D eigenvalue weighted by molar-refractivity contribution is 5.68. The van der Waals surface area contributed by atoms with Crippen molar-refractivity contribution in [1.82, 2.24) is 4.90 Å². The Labute approximate surface area is 179 Å². The molecule has 30 heavy (non-hydrogen) atoms. The first-order valence-electron chi connectivity index (χ1n) is 10.6. The lowest BCUT2D eigenvalue weighted by molar-refractivity contribution is -0.0944. The number of piperidine rings is 1. The summed E-state index contributed by atoms with van der Waals surface area (Å²) in [6, 6.07) is 7.58. The average molecular weight is 424 g/mol. The molecule has 2 rings (SSSR count). The van der Waals surface area contributed by atoms with Gasteiger partial charge in [0, 0.05) is 19.0 Å². The molecule has 1 amide bonds. The van der Waals surface area contributed by atoms with Crippen molar-refractivity contribution in [2.45, 2.75) is 65.0 Å². The summed E-state index contributed by atoms with van der Waals surface area (Å²) in [7, 11) is 0. The first-order valence-corrected chi connectivity index (χ1v) is 10.6. The summed E-state index contributed by atoms with van der Waals surface area (Å²) in [5.41, 5.74) is -0.0493. The molecule has 2 N–H and O–H groups in total. The van der Waals surface area contributed by atoms with Gasteiger partial charge in [0.25, 0.3) is 0 Å². The number of carbonyl (C=O) groups is 1. The van der Waals surface area contributed by atoms with Crippen LogP contribution >= 0.6 is 0 Å². The zero-order valence-electron chi connectivity index (χ0n) is 18.9. The predicted molar refractivity (Wildman–Crippen MR) is 114 cm³/mol. The van der Waals surface area contributed by atoms with Crippen LogP contribution in [-0.4, -0.2) is 65.8 Å². The molecule has 0 saturated carbocycles. The van der Waals surface area contributed by atoms with E-state index in [1.54, 1.807) is 4.90 Å². The molecule has 0 radical (unpaired) electrons. The fourth-order valence-corrected chi connectivity index (χ4v) is 3.52. The second-order valence-corrected chi connectivity index (χ2v) is 9.15. The zero-order valence-corrected chi connectivity index (χ0v) is 18.9. The van der Waals surface area contributed by atoms with Gasteiger partial charge < -0.3 is 29.3 Å². The molecule has 2 atom stereocenters. The highest BCUT2D eigenvalue weighted by Crippen LogP contribution is 2.37. The highest BCUT2D eigenvalue weighted by atomic mass is 16.6. The summed E-state index contributed by atoms with van der Waals surface area (Å²) in [6.45, 7) is 11.4. The molecular weight excluding hydrogens is 386 g/mol. The van der Waals surface area contributed by atoms with Gasteiger partial charge in [-0.05, 0) is 52.2 Å². The number of amides is 1. The van der Waals surface area contributed by atoms with Crippen molar-refractivity contribution in [2.24, 2.45) is 5.92 Å². The van der Waals surface area contributed by atoms with Gasteiger partial charge >= 0.3 is 6.09 Å². The van der Waals surface area contributed by atoms with Crippen LogP contribution in [0.1, 0.15) is 52.2 Å². The van der Waals surface area contributed by atoms with Crippen molar-refractivity contribution in [3.05, 3.63) is 35.4 Å². The van der Waals surface area contributed by atoms with E-state index in [9.17, 15) is 15.0 Å². The number of nitrogens with zero attached hydrogens (tertiary/aromatic N) is 1. The van der Waals surface area contributed by atoms with E-state index in [2.05, 4.69) is 0 Å². The van der Waals surface area contributed by atoms with Crippen LogP contribution in [0.25, 0.3) is 0 Å². The van der Waals surface area contributed by atoms with E-state index < -0.39 is 23.2 Å². The summed E-state index contributed by atoms with van der Waals surface area (Å²) in [4.78, 5) is 13.9. The molecule has 7 heteroatoms. The number of carbonyl (C=O) groups excluding carboxylic acids is 1. The number of aliphatic hydroxyl groups excluding tert-OH is 1. The first kappa shape index (κ1) is 24.6. The molecular formula is C23H37NO6. The molecule has 7 nitrogen and oxygen atoms in total. The Morgan fingerprint density at radius 3 is 2.47 bits per heavy atom. The largest absolute Gasteiger partial charge is 0.444 e. The van der Waals surface area contributed by atoms with Crippen molar-refractivity contribution in [2.75, 3.05) is 32.9 Å². The van der Waals surface area contributed by atoms with E-state index in [-0.39, 0.29) is 19.3 Å². The van der Waals surface area contributed by atoms with Crippen LogP contribution in [0, 0.1) is 5.92 Å². The normalized spacial score (nSPS) is 22.4. The molecule has 1 aromatic rings. The number of rotatable bonds is 8. The van der Waals surface area contributed by atoms with E-state index in [1.165, 1.54) is 0 Å². The maximum absolute atomic E-state index is 12.4. The molecule has 0 unspecified atom stereocenters. The number of hydrogen-bond donors (Lipinski definition) is 2. The van der Waals surface area contributed by atoms with Crippen molar-refractivity contribution < 1.29 is 29.2 Å². The average Bonchev–Trinajstić information content (AvgIpc) is 2.67. The number of likely N-dealkylation sites (tertiary alicyclic amines) is 1. The summed E-state index contributed by atoms with van der Waals surface area (Å²) in [5.74, 6) is -0.492. The van der Waals surface area contributed by atoms with Crippen molar-refractivity contribution >= 4 is 6.09 Å². The molecule has 1 aromatic carbocycles. The Morgan fingerprint density at radius 1 is 1.23 bits per heavy atom. The molecule has 1 fully saturated rings. The van der Waals surface area contributed by atoms with E-state index in [0.29, 0.717) is 32.8 Å². The maximum Gasteiger partial charge on any atom is 0.410 e. The van der Waals surface area contributed by atoms with Crippen LogP contribution in [0.2, 0.25) is 0 Å². The molecule has 1 aliphatic heterocycles. The molecule has 0 bridgehead atoms. The van der Waals surface area contributed by atoms with Crippen LogP contribution in [0.4, 0.5) is 4.79 Å². The Bertz CT molecular complexity index is 669. The van der Waals surface area contributed by atoms with Gasteiger partial charge in [-0.1, -0.05) is 24.3 Å². The third-order valence-corrected chi connectivity index (χ3v) is 5.15.